The smallest absolute Gasteiger partial charge is 0.245 e. The van der Waals surface area contributed by atoms with E-state index >= 15 is 0 Å². The van der Waals surface area contributed by atoms with Gasteiger partial charge >= 0.3 is 0 Å². The summed E-state index contributed by atoms with van der Waals surface area (Å²) in [5.74, 6) is 0.771. The number of hydrogen-bond acceptors (Lipinski definition) is 4. The van der Waals surface area contributed by atoms with E-state index in [1.807, 2.05) is 0 Å². The van der Waals surface area contributed by atoms with Crippen LogP contribution in [0.3, 0.4) is 0 Å². The second kappa shape index (κ2) is 21.9. The summed E-state index contributed by atoms with van der Waals surface area (Å²) in [6, 6.07) is 0. The molecule has 6 heteroatoms. The van der Waals surface area contributed by atoms with Gasteiger partial charge in [0.1, 0.15) is 6.61 Å². The zero-order chi connectivity index (χ0) is 18.5. The summed E-state index contributed by atoms with van der Waals surface area (Å²) in [5.41, 5.74) is 0. The number of carbonyl (C=O) groups excluding carboxylic acids is 2. The van der Waals surface area contributed by atoms with E-state index in [4.69, 9.17) is 9.47 Å². The molecular formula is C18H38N2O4. The van der Waals surface area contributed by atoms with Crippen LogP contribution < -0.4 is 10.6 Å². The molecule has 0 aliphatic rings. The zero-order valence-corrected chi connectivity index (χ0v) is 16.1. The van der Waals surface area contributed by atoms with Crippen molar-refractivity contribution in [3.05, 3.63) is 0 Å². The van der Waals surface area contributed by atoms with Gasteiger partial charge in [-0.15, -0.1) is 0 Å². The number of carbonyl (C=O) groups is 2. The van der Waals surface area contributed by atoms with Crippen LogP contribution in [0.1, 0.15) is 59.3 Å². The van der Waals surface area contributed by atoms with Crippen molar-refractivity contribution in [1.29, 1.82) is 0 Å². The molecule has 0 bridgehead atoms. The van der Waals surface area contributed by atoms with E-state index in [1.165, 1.54) is 7.11 Å². The first-order valence-electron chi connectivity index (χ1n) is 9.05. The Kier molecular flexibility index (Phi) is 22.9. The number of hydrogen-bond donors (Lipinski definition) is 2. The lowest BCUT2D eigenvalue weighted by Gasteiger charge is -2.05. The third-order valence-electron chi connectivity index (χ3n) is 2.76. The van der Waals surface area contributed by atoms with Crippen LogP contribution in [0.4, 0.5) is 0 Å². The average Bonchev–Trinajstić information content (AvgIpc) is 2.51. The normalized spacial score (nSPS) is 10.0. The quantitative estimate of drug-likeness (QED) is 0.353. The van der Waals surface area contributed by atoms with Gasteiger partial charge in [0.25, 0.3) is 0 Å². The molecule has 0 saturated carbocycles. The van der Waals surface area contributed by atoms with Gasteiger partial charge < -0.3 is 20.1 Å². The van der Waals surface area contributed by atoms with Crippen LogP contribution in [-0.2, 0) is 19.1 Å². The van der Waals surface area contributed by atoms with Crippen molar-refractivity contribution in [1.82, 2.24) is 10.6 Å². The number of nitrogens with one attached hydrogen (secondary N) is 2. The minimum Gasteiger partial charge on any atom is -0.381 e. The lowest BCUT2D eigenvalue weighted by molar-refractivity contribution is -0.124. The highest BCUT2D eigenvalue weighted by Gasteiger charge is 1.98. The Bertz CT molecular complexity index is 271. The maximum absolute atomic E-state index is 11.1. The van der Waals surface area contributed by atoms with Crippen LogP contribution in [0.2, 0.25) is 0 Å². The molecule has 0 atom stereocenters. The van der Waals surface area contributed by atoms with Crippen molar-refractivity contribution in [3.63, 3.8) is 0 Å². The van der Waals surface area contributed by atoms with Gasteiger partial charge in [0.15, 0.2) is 0 Å². The standard InChI is InChI=1S/C14H28N2O4.C4H10/c1-19-12-14(18)16-9-5-3-7-11-20-10-6-2-4-8-15-13-17;1-4(2)3/h13H,2-12H2,1H3,(H,15,17)(H,16,18);4H,1-3H3. The van der Waals surface area contributed by atoms with Crippen LogP contribution in [0, 0.1) is 5.92 Å². The van der Waals surface area contributed by atoms with Crippen molar-refractivity contribution in [3.8, 4) is 0 Å². The minimum absolute atomic E-state index is 0.0622. The number of methoxy groups -OCH3 is 1. The molecule has 0 fully saturated rings. The Morgan fingerprint density at radius 3 is 2.00 bits per heavy atom. The van der Waals surface area contributed by atoms with E-state index in [9.17, 15) is 9.59 Å². The summed E-state index contributed by atoms with van der Waals surface area (Å²) in [6.45, 7) is 9.64. The minimum atomic E-state index is -0.0622. The zero-order valence-electron chi connectivity index (χ0n) is 16.1. The molecule has 0 aromatic heterocycles. The Balaban J connectivity index is 0. The van der Waals surface area contributed by atoms with Crippen LogP contribution in [0.25, 0.3) is 0 Å². The van der Waals surface area contributed by atoms with E-state index in [-0.39, 0.29) is 12.5 Å². The molecule has 2 N–H and O–H groups in total. The fraction of sp³-hybridized carbons (Fsp3) is 0.889. The second-order valence-corrected chi connectivity index (χ2v) is 6.32. The fourth-order valence-corrected chi connectivity index (χ4v) is 1.68. The molecular weight excluding hydrogens is 308 g/mol. The van der Waals surface area contributed by atoms with Gasteiger partial charge in [0, 0.05) is 33.4 Å². The molecule has 0 aromatic carbocycles. The molecule has 6 nitrogen and oxygen atoms in total. The van der Waals surface area contributed by atoms with Crippen LogP contribution in [0.5, 0.6) is 0 Å². The van der Waals surface area contributed by atoms with Crippen molar-refractivity contribution < 1.29 is 19.1 Å². The lowest BCUT2D eigenvalue weighted by atomic mass is 10.2. The van der Waals surface area contributed by atoms with Gasteiger partial charge in [-0.25, -0.2) is 0 Å². The first-order valence-corrected chi connectivity index (χ1v) is 9.05. The summed E-state index contributed by atoms with van der Waals surface area (Å²) in [5, 5.41) is 5.42. The Hall–Kier alpha value is -1.14. The molecule has 0 saturated heterocycles. The number of amides is 2. The van der Waals surface area contributed by atoms with Gasteiger partial charge in [-0.1, -0.05) is 20.8 Å². The molecule has 2 amide bonds. The molecule has 0 rings (SSSR count). The van der Waals surface area contributed by atoms with Gasteiger partial charge in [0.05, 0.1) is 0 Å². The second-order valence-electron chi connectivity index (χ2n) is 6.32. The molecule has 0 aliphatic heterocycles. The molecule has 0 unspecified atom stereocenters. The molecule has 0 radical (unpaired) electrons. The van der Waals surface area contributed by atoms with Gasteiger partial charge in [-0.3, -0.25) is 9.59 Å². The fourth-order valence-electron chi connectivity index (χ4n) is 1.68. The number of unbranched alkanes of at least 4 members (excludes halogenated alkanes) is 4. The summed E-state index contributed by atoms with van der Waals surface area (Å²) in [7, 11) is 1.51. The Morgan fingerprint density at radius 1 is 0.958 bits per heavy atom. The van der Waals surface area contributed by atoms with E-state index in [2.05, 4.69) is 31.4 Å². The molecule has 24 heavy (non-hydrogen) atoms. The topological polar surface area (TPSA) is 76.7 Å². The molecule has 0 heterocycles. The number of rotatable bonds is 15. The molecule has 0 aromatic rings. The summed E-state index contributed by atoms with van der Waals surface area (Å²) >= 11 is 0. The van der Waals surface area contributed by atoms with E-state index in [0.29, 0.717) is 6.54 Å². The van der Waals surface area contributed by atoms with Crippen molar-refractivity contribution in [2.45, 2.75) is 59.3 Å². The maximum Gasteiger partial charge on any atom is 0.245 e. The van der Waals surface area contributed by atoms with Crippen LogP contribution in [0.15, 0.2) is 0 Å². The third kappa shape index (κ3) is 28.9. The molecule has 0 spiro atoms. The van der Waals surface area contributed by atoms with Crippen molar-refractivity contribution >= 4 is 12.3 Å². The lowest BCUT2D eigenvalue weighted by Crippen LogP contribution is -2.27. The summed E-state index contributed by atoms with van der Waals surface area (Å²) in [4.78, 5) is 21.1. The van der Waals surface area contributed by atoms with E-state index < -0.39 is 0 Å². The highest BCUT2D eigenvalue weighted by Crippen LogP contribution is 1.98. The first kappa shape index (κ1) is 25.1. The Labute approximate surface area is 148 Å². The third-order valence-corrected chi connectivity index (χ3v) is 2.76. The molecule has 144 valence electrons. The van der Waals surface area contributed by atoms with Crippen LogP contribution in [-0.4, -0.2) is 52.3 Å². The monoisotopic (exact) mass is 346 g/mol. The molecule has 0 aliphatic carbocycles. The summed E-state index contributed by atoms with van der Waals surface area (Å²) < 4.78 is 10.2. The Morgan fingerprint density at radius 2 is 1.50 bits per heavy atom. The van der Waals surface area contributed by atoms with Crippen molar-refractivity contribution in [2.75, 3.05) is 40.0 Å². The average molecular weight is 347 g/mol. The van der Waals surface area contributed by atoms with Gasteiger partial charge in [0.2, 0.25) is 12.3 Å². The van der Waals surface area contributed by atoms with E-state index in [1.54, 1.807) is 0 Å². The summed E-state index contributed by atoms with van der Waals surface area (Å²) in [6.07, 6.45) is 6.89. The van der Waals surface area contributed by atoms with Crippen molar-refractivity contribution in [2.24, 2.45) is 5.92 Å². The predicted molar refractivity (Wildman–Crippen MR) is 98.0 cm³/mol. The highest BCUT2D eigenvalue weighted by molar-refractivity contribution is 5.77. The predicted octanol–water partition coefficient (Wildman–Crippen LogP) is 2.51. The highest BCUT2D eigenvalue weighted by atomic mass is 16.5. The van der Waals surface area contributed by atoms with E-state index in [0.717, 1.165) is 70.6 Å². The first-order chi connectivity index (χ1) is 11.5. The SMILES string of the molecule is CC(C)C.COCC(=O)NCCCCCOCCCCCNC=O. The number of ether oxygens (including phenoxy) is 2. The van der Waals surface area contributed by atoms with Crippen LogP contribution >= 0.6 is 0 Å². The van der Waals surface area contributed by atoms with Gasteiger partial charge in [-0.2, -0.15) is 0 Å². The maximum atomic E-state index is 11.1. The largest absolute Gasteiger partial charge is 0.381 e. The van der Waals surface area contributed by atoms with Gasteiger partial charge in [-0.05, 0) is 44.4 Å².